The van der Waals surface area contributed by atoms with Gasteiger partial charge in [-0.25, -0.2) is 8.78 Å². The zero-order valence-corrected chi connectivity index (χ0v) is 11.9. The van der Waals surface area contributed by atoms with E-state index in [2.05, 4.69) is 20.9 Å². The summed E-state index contributed by atoms with van der Waals surface area (Å²) < 4.78 is 30.0. The van der Waals surface area contributed by atoms with Gasteiger partial charge < -0.3 is 4.98 Å². The lowest BCUT2D eigenvalue weighted by Gasteiger charge is -2.05. The summed E-state index contributed by atoms with van der Waals surface area (Å²) in [6, 6.07) is 9.73. The number of hydrogen-bond acceptors (Lipinski definition) is 1. The molecule has 0 amide bonds. The molecule has 0 radical (unpaired) electrons. The first kappa shape index (κ1) is 12.5. The minimum Gasteiger partial charge on any atom is -0.330 e. The van der Waals surface area contributed by atoms with Gasteiger partial charge in [-0.3, -0.25) is 4.57 Å². The zero-order chi connectivity index (χ0) is 13.6. The molecule has 96 valence electrons. The lowest BCUT2D eigenvalue weighted by atomic mass is 10.2. The summed E-state index contributed by atoms with van der Waals surface area (Å²) in [6.45, 7) is 0. The molecule has 1 aromatic heterocycles. The van der Waals surface area contributed by atoms with Crippen LogP contribution in [-0.4, -0.2) is 9.55 Å². The second-order valence-corrected chi connectivity index (χ2v) is 5.30. The minimum absolute atomic E-state index is 0.118. The van der Waals surface area contributed by atoms with Crippen LogP contribution in [0.5, 0.6) is 0 Å². The normalized spacial score (nSPS) is 11.1. The van der Waals surface area contributed by atoms with Crippen molar-refractivity contribution in [2.45, 2.75) is 0 Å². The molecular formula is C13H7BrF2N2S. The van der Waals surface area contributed by atoms with E-state index in [4.69, 9.17) is 12.2 Å². The highest BCUT2D eigenvalue weighted by Gasteiger charge is 2.14. The van der Waals surface area contributed by atoms with Crippen molar-refractivity contribution in [3.63, 3.8) is 0 Å². The number of nitrogens with one attached hydrogen (secondary N) is 1. The Labute approximate surface area is 120 Å². The third-order valence-electron chi connectivity index (χ3n) is 2.82. The molecule has 3 rings (SSSR count). The molecule has 0 fully saturated rings. The maximum Gasteiger partial charge on any atom is 0.184 e. The number of aromatic nitrogens is 2. The number of H-pyrrole nitrogens is 1. The quantitative estimate of drug-likeness (QED) is 0.635. The third-order valence-corrected chi connectivity index (χ3v) is 3.64. The van der Waals surface area contributed by atoms with Crippen LogP contribution in [0.4, 0.5) is 8.78 Å². The molecule has 0 saturated heterocycles. The van der Waals surface area contributed by atoms with Crippen molar-refractivity contribution in [1.82, 2.24) is 9.55 Å². The number of imidazole rings is 1. The largest absolute Gasteiger partial charge is 0.330 e. The Morgan fingerprint density at radius 1 is 1.05 bits per heavy atom. The van der Waals surface area contributed by atoms with Crippen molar-refractivity contribution >= 4 is 39.2 Å². The molecule has 0 bridgehead atoms. The number of hydrogen-bond donors (Lipinski definition) is 1. The molecule has 2 aromatic carbocycles. The second-order valence-electron chi connectivity index (χ2n) is 4.00. The molecule has 19 heavy (non-hydrogen) atoms. The monoisotopic (exact) mass is 340 g/mol. The van der Waals surface area contributed by atoms with E-state index in [0.717, 1.165) is 10.5 Å². The summed E-state index contributed by atoms with van der Waals surface area (Å²) >= 11 is 8.50. The molecule has 6 heteroatoms. The molecule has 0 atom stereocenters. The predicted molar refractivity (Wildman–Crippen MR) is 76.1 cm³/mol. The number of halogens is 3. The van der Waals surface area contributed by atoms with Gasteiger partial charge in [0, 0.05) is 10.2 Å². The van der Waals surface area contributed by atoms with Gasteiger partial charge in [-0.2, -0.15) is 0 Å². The second kappa shape index (κ2) is 4.54. The molecule has 2 nitrogen and oxygen atoms in total. The minimum atomic E-state index is -0.909. The number of benzene rings is 2. The first-order chi connectivity index (χ1) is 9.08. The van der Waals surface area contributed by atoms with Gasteiger partial charge in [0.15, 0.2) is 16.4 Å². The van der Waals surface area contributed by atoms with E-state index in [1.54, 1.807) is 12.1 Å². The van der Waals surface area contributed by atoms with Gasteiger partial charge in [-0.15, -0.1) is 0 Å². The lowest BCUT2D eigenvalue weighted by molar-refractivity contribution is 0.514. The summed E-state index contributed by atoms with van der Waals surface area (Å²) in [5.41, 5.74) is 1.25. The predicted octanol–water partition coefficient (Wildman–Crippen LogP) is 4.73. The average Bonchev–Trinajstić information content (AvgIpc) is 2.72. The molecule has 3 aromatic rings. The van der Waals surface area contributed by atoms with Gasteiger partial charge in [0.25, 0.3) is 0 Å². The van der Waals surface area contributed by atoms with E-state index < -0.39 is 11.6 Å². The van der Waals surface area contributed by atoms with Crippen LogP contribution in [0.25, 0.3) is 16.7 Å². The van der Waals surface area contributed by atoms with E-state index in [1.165, 1.54) is 10.6 Å². The van der Waals surface area contributed by atoms with Crippen molar-refractivity contribution in [2.24, 2.45) is 0 Å². The molecule has 1 heterocycles. The van der Waals surface area contributed by atoms with Crippen LogP contribution in [0, 0.1) is 16.4 Å². The van der Waals surface area contributed by atoms with Crippen molar-refractivity contribution in [1.29, 1.82) is 0 Å². The topological polar surface area (TPSA) is 20.7 Å². The van der Waals surface area contributed by atoms with Crippen LogP contribution in [-0.2, 0) is 0 Å². The summed E-state index contributed by atoms with van der Waals surface area (Å²) in [5.74, 6) is -1.81. The highest BCUT2D eigenvalue weighted by atomic mass is 79.9. The molecule has 0 aliphatic heterocycles. The Morgan fingerprint density at radius 3 is 2.42 bits per heavy atom. The fraction of sp³-hybridized carbons (Fsp3) is 0. The van der Waals surface area contributed by atoms with Crippen molar-refractivity contribution < 1.29 is 8.78 Å². The van der Waals surface area contributed by atoms with Crippen molar-refractivity contribution in [3.8, 4) is 5.69 Å². The van der Waals surface area contributed by atoms with E-state index in [0.29, 0.717) is 16.0 Å². The zero-order valence-electron chi connectivity index (χ0n) is 9.45. The Kier molecular flexibility index (Phi) is 2.99. The van der Waals surface area contributed by atoms with Crippen LogP contribution in [0.15, 0.2) is 40.9 Å². The molecule has 1 N–H and O–H groups in total. The van der Waals surface area contributed by atoms with Crippen LogP contribution in [0.3, 0.4) is 0 Å². The maximum atomic E-state index is 14.0. The number of fused-ring (bicyclic) bond motifs is 1. The molecule has 0 saturated carbocycles. The maximum absolute atomic E-state index is 14.0. The SMILES string of the molecule is Fc1ccc2[nH]c(=S)n(-c3ccc(Br)cc3)c2c1F. The summed E-state index contributed by atoms with van der Waals surface area (Å²) in [7, 11) is 0. The first-order valence-electron chi connectivity index (χ1n) is 5.42. The Morgan fingerprint density at radius 2 is 1.74 bits per heavy atom. The molecular weight excluding hydrogens is 334 g/mol. The van der Waals surface area contributed by atoms with Gasteiger partial charge in [0.2, 0.25) is 0 Å². The fourth-order valence-electron chi connectivity index (χ4n) is 1.97. The van der Waals surface area contributed by atoms with E-state index >= 15 is 0 Å². The number of rotatable bonds is 1. The number of aromatic amines is 1. The lowest BCUT2D eigenvalue weighted by Crippen LogP contribution is -1.97. The van der Waals surface area contributed by atoms with Crippen LogP contribution < -0.4 is 0 Å². The summed E-state index contributed by atoms with van der Waals surface area (Å²) in [6.07, 6.45) is 0. The summed E-state index contributed by atoms with van der Waals surface area (Å²) in [5, 5.41) is 0. The Bertz CT molecular complexity index is 821. The van der Waals surface area contributed by atoms with Gasteiger partial charge in [-0.05, 0) is 48.6 Å². The average molecular weight is 341 g/mol. The smallest absolute Gasteiger partial charge is 0.184 e. The molecule has 0 aliphatic rings. The van der Waals surface area contributed by atoms with E-state index in [-0.39, 0.29) is 5.52 Å². The van der Waals surface area contributed by atoms with Crippen LogP contribution >= 0.6 is 28.1 Å². The van der Waals surface area contributed by atoms with Crippen LogP contribution in [0.1, 0.15) is 0 Å². The van der Waals surface area contributed by atoms with Gasteiger partial charge in [0.1, 0.15) is 5.52 Å². The highest BCUT2D eigenvalue weighted by molar-refractivity contribution is 9.10. The number of nitrogens with zero attached hydrogens (tertiary/aromatic N) is 1. The Hall–Kier alpha value is -1.53. The van der Waals surface area contributed by atoms with Crippen molar-refractivity contribution in [3.05, 3.63) is 57.3 Å². The van der Waals surface area contributed by atoms with Gasteiger partial charge >= 0.3 is 0 Å². The van der Waals surface area contributed by atoms with Crippen LogP contribution in [0.2, 0.25) is 0 Å². The fourth-order valence-corrected chi connectivity index (χ4v) is 2.54. The van der Waals surface area contributed by atoms with E-state index in [9.17, 15) is 8.78 Å². The van der Waals surface area contributed by atoms with Crippen molar-refractivity contribution in [2.75, 3.05) is 0 Å². The first-order valence-corrected chi connectivity index (χ1v) is 6.63. The summed E-state index contributed by atoms with van der Waals surface area (Å²) in [4.78, 5) is 2.87. The molecule has 0 aliphatic carbocycles. The van der Waals surface area contributed by atoms with E-state index in [1.807, 2.05) is 12.1 Å². The standard InChI is InChI=1S/C13H7BrF2N2S/c14-7-1-3-8(4-2-7)18-12-10(17-13(18)19)6-5-9(15)11(12)16/h1-6H,(H,17,19). The highest BCUT2D eigenvalue weighted by Crippen LogP contribution is 2.24. The third kappa shape index (κ3) is 2.01. The van der Waals surface area contributed by atoms with Gasteiger partial charge in [-0.1, -0.05) is 15.9 Å². The molecule has 0 unspecified atom stereocenters. The molecule has 0 spiro atoms. The van der Waals surface area contributed by atoms with Gasteiger partial charge in [0.05, 0.1) is 5.52 Å². The Balaban J connectivity index is 2.40.